The largest absolute Gasteiger partial charge is 0.310 e. The van der Waals surface area contributed by atoms with Crippen molar-refractivity contribution in [2.75, 3.05) is 4.90 Å². The van der Waals surface area contributed by atoms with Crippen LogP contribution in [-0.2, 0) is 0 Å². The van der Waals surface area contributed by atoms with Crippen LogP contribution in [0.2, 0.25) is 0 Å². The van der Waals surface area contributed by atoms with E-state index in [1.807, 2.05) is 11.3 Å². The van der Waals surface area contributed by atoms with E-state index in [0.717, 1.165) is 28.3 Å². The number of anilines is 3. The van der Waals surface area contributed by atoms with Crippen molar-refractivity contribution in [2.24, 2.45) is 0 Å². The van der Waals surface area contributed by atoms with Crippen molar-refractivity contribution in [3.05, 3.63) is 291 Å². The van der Waals surface area contributed by atoms with Crippen molar-refractivity contribution in [3.63, 3.8) is 0 Å². The van der Waals surface area contributed by atoms with Crippen LogP contribution in [0.3, 0.4) is 0 Å². The molecule has 0 spiro atoms. The third kappa shape index (κ3) is 7.46. The molecule has 79 heavy (non-hydrogen) atoms. The smallest absolute Gasteiger partial charge is 0.0554 e. The Hall–Kier alpha value is -10.1. The van der Waals surface area contributed by atoms with E-state index in [0.29, 0.717) is 0 Å². The molecule has 368 valence electrons. The van der Waals surface area contributed by atoms with Gasteiger partial charge in [-0.1, -0.05) is 206 Å². The van der Waals surface area contributed by atoms with Crippen LogP contribution in [0.25, 0.3) is 135 Å². The summed E-state index contributed by atoms with van der Waals surface area (Å²) in [5.74, 6) is 0. The molecule has 0 unspecified atom stereocenters. The lowest BCUT2D eigenvalue weighted by Crippen LogP contribution is -2.10. The van der Waals surface area contributed by atoms with Gasteiger partial charge in [-0.3, -0.25) is 0 Å². The maximum absolute atomic E-state index is 2.47. The van der Waals surface area contributed by atoms with E-state index in [4.69, 9.17) is 0 Å². The Labute approximate surface area is 461 Å². The number of nitrogens with zero attached hydrogens (tertiary/aromatic N) is 2. The zero-order chi connectivity index (χ0) is 52.0. The van der Waals surface area contributed by atoms with Crippen LogP contribution in [0.15, 0.2) is 291 Å². The Morgan fingerprint density at radius 3 is 1.44 bits per heavy atom. The highest BCUT2D eigenvalue weighted by Crippen LogP contribution is 2.47. The molecule has 3 heteroatoms. The fraction of sp³-hybridized carbons (Fsp3) is 0. The molecule has 0 bridgehead atoms. The number of hydrogen-bond acceptors (Lipinski definition) is 2. The third-order valence-corrected chi connectivity index (χ3v) is 17.5. The van der Waals surface area contributed by atoms with Gasteiger partial charge in [-0.2, -0.15) is 0 Å². The van der Waals surface area contributed by atoms with Crippen LogP contribution in [0.4, 0.5) is 17.1 Å². The Morgan fingerprint density at radius 2 is 0.722 bits per heavy atom. The van der Waals surface area contributed by atoms with Crippen molar-refractivity contribution in [2.45, 2.75) is 0 Å². The SMILES string of the molecule is c1ccc(-c2ccc(N(c3ccc(-c4ccc5c(c4)c4cc(-c6cccc7ccccc67)ccc4n5-c4cccc(-c5ccc6c7ccccc7c7ccccc7c6c5)c4)cc3)c3cccc4sc5ccccc5c34)cc2)cc1. The van der Waals surface area contributed by atoms with Crippen LogP contribution in [0, 0.1) is 0 Å². The molecular formula is C76H48N2S. The first-order chi connectivity index (χ1) is 39.2. The Morgan fingerprint density at radius 1 is 0.266 bits per heavy atom. The second-order valence-electron chi connectivity index (χ2n) is 20.8. The van der Waals surface area contributed by atoms with Gasteiger partial charge >= 0.3 is 0 Å². The molecule has 0 atom stereocenters. The van der Waals surface area contributed by atoms with Crippen LogP contribution in [-0.4, -0.2) is 4.57 Å². The van der Waals surface area contributed by atoms with Crippen molar-refractivity contribution in [3.8, 4) is 50.2 Å². The molecule has 0 saturated carbocycles. The second-order valence-corrected chi connectivity index (χ2v) is 21.9. The molecule has 0 aliphatic carbocycles. The molecule has 14 aromatic carbocycles. The molecule has 2 aromatic heterocycles. The Kier molecular flexibility index (Phi) is 10.5. The molecular weight excluding hydrogens is 973 g/mol. The molecule has 2 nitrogen and oxygen atoms in total. The topological polar surface area (TPSA) is 8.17 Å². The molecule has 16 rings (SSSR count). The van der Waals surface area contributed by atoms with E-state index in [2.05, 4.69) is 301 Å². The maximum atomic E-state index is 2.47. The predicted molar refractivity (Wildman–Crippen MR) is 340 cm³/mol. The normalized spacial score (nSPS) is 11.8. The van der Waals surface area contributed by atoms with Crippen LogP contribution in [0.5, 0.6) is 0 Å². The predicted octanol–water partition coefficient (Wildman–Crippen LogP) is 21.9. The third-order valence-electron chi connectivity index (χ3n) is 16.4. The number of thiophene rings is 1. The molecule has 0 saturated heterocycles. The number of fused-ring (bicyclic) bond motifs is 13. The zero-order valence-corrected chi connectivity index (χ0v) is 43.8. The van der Waals surface area contributed by atoms with Gasteiger partial charge in [0.15, 0.2) is 0 Å². The van der Waals surface area contributed by atoms with Crippen molar-refractivity contribution < 1.29 is 0 Å². The Bertz CT molecular complexity index is 5030. The highest BCUT2D eigenvalue weighted by Gasteiger charge is 2.21. The van der Waals surface area contributed by atoms with Crippen LogP contribution >= 0.6 is 11.3 Å². The van der Waals surface area contributed by atoms with Crippen LogP contribution in [0.1, 0.15) is 0 Å². The molecule has 2 heterocycles. The second kappa shape index (κ2) is 18.3. The highest BCUT2D eigenvalue weighted by atomic mass is 32.1. The average Bonchev–Trinajstić information content (AvgIpc) is 4.10. The quantitative estimate of drug-likeness (QED) is 0.138. The molecule has 0 amide bonds. The summed E-state index contributed by atoms with van der Waals surface area (Å²) in [6.45, 7) is 0. The minimum Gasteiger partial charge on any atom is -0.310 e. The number of aromatic nitrogens is 1. The van der Waals surface area contributed by atoms with E-state index in [1.54, 1.807) is 0 Å². The molecule has 16 aromatic rings. The fourth-order valence-corrected chi connectivity index (χ4v) is 13.8. The van der Waals surface area contributed by atoms with Gasteiger partial charge in [-0.25, -0.2) is 0 Å². The number of rotatable bonds is 8. The summed E-state index contributed by atoms with van der Waals surface area (Å²) < 4.78 is 5.04. The summed E-state index contributed by atoms with van der Waals surface area (Å²) in [5.41, 5.74) is 16.4. The van der Waals surface area contributed by atoms with E-state index < -0.39 is 0 Å². The minimum atomic E-state index is 1.10. The minimum absolute atomic E-state index is 1.10. The summed E-state index contributed by atoms with van der Waals surface area (Å²) in [5, 5.41) is 15.2. The van der Waals surface area contributed by atoms with Gasteiger partial charge in [0.25, 0.3) is 0 Å². The first kappa shape index (κ1) is 45.2. The highest BCUT2D eigenvalue weighted by molar-refractivity contribution is 7.26. The van der Waals surface area contributed by atoms with E-state index in [-0.39, 0.29) is 0 Å². The molecule has 0 N–H and O–H groups in total. The summed E-state index contributed by atoms with van der Waals surface area (Å²) in [4.78, 5) is 2.43. The molecule has 0 fully saturated rings. The van der Waals surface area contributed by atoms with E-state index >= 15 is 0 Å². The monoisotopic (exact) mass is 1020 g/mol. The molecule has 0 aliphatic rings. The first-order valence-corrected chi connectivity index (χ1v) is 28.0. The lowest BCUT2D eigenvalue weighted by atomic mass is 9.92. The van der Waals surface area contributed by atoms with E-state index in [9.17, 15) is 0 Å². The van der Waals surface area contributed by atoms with Gasteiger partial charge in [0.05, 0.1) is 16.7 Å². The van der Waals surface area contributed by atoms with Crippen molar-refractivity contribution in [1.29, 1.82) is 0 Å². The summed E-state index contributed by atoms with van der Waals surface area (Å²) >= 11 is 1.86. The fourth-order valence-electron chi connectivity index (χ4n) is 12.6. The zero-order valence-electron chi connectivity index (χ0n) is 43.0. The van der Waals surface area contributed by atoms with Gasteiger partial charge < -0.3 is 9.47 Å². The van der Waals surface area contributed by atoms with Gasteiger partial charge in [0.1, 0.15) is 0 Å². The van der Waals surface area contributed by atoms with Crippen LogP contribution < -0.4 is 4.90 Å². The summed E-state index contributed by atoms with van der Waals surface area (Å²) in [7, 11) is 0. The summed E-state index contributed by atoms with van der Waals surface area (Å²) in [6, 6.07) is 108. The molecule has 0 radical (unpaired) electrons. The van der Waals surface area contributed by atoms with Crippen molar-refractivity contribution in [1.82, 2.24) is 4.57 Å². The van der Waals surface area contributed by atoms with Gasteiger partial charge in [0, 0.05) is 48.0 Å². The lowest BCUT2D eigenvalue weighted by Gasteiger charge is -2.27. The van der Waals surface area contributed by atoms with Gasteiger partial charge in [-0.05, 0) is 173 Å². The van der Waals surface area contributed by atoms with E-state index in [1.165, 1.54) is 124 Å². The number of hydrogen-bond donors (Lipinski definition) is 0. The summed E-state index contributed by atoms with van der Waals surface area (Å²) in [6.07, 6.45) is 0. The first-order valence-electron chi connectivity index (χ1n) is 27.1. The standard InChI is InChI=1S/C76H48N2S/c1-2-15-49(16-3-1)50-31-38-57(39-32-50)77(73-28-14-30-75-76(73)67-26-10-11-29-74(67)79-75)58-40-33-51(34-41-58)54-36-43-71-69(47-54)70-48-56(61-27-13-18-52-17-4-5-21-60(52)61)37-44-72(70)78(71)59-20-12-19-53(45-59)55-35-42-66-64-24-7-6-22-62(64)63-23-8-9-25-65(63)68(66)46-55/h1-48H. The molecule has 0 aliphatic heterocycles. The van der Waals surface area contributed by atoms with Crippen molar-refractivity contribution >= 4 is 113 Å². The maximum Gasteiger partial charge on any atom is 0.0554 e. The van der Waals surface area contributed by atoms with Gasteiger partial charge in [-0.15, -0.1) is 11.3 Å². The number of benzene rings is 14. The Balaban J connectivity index is 0.839. The lowest BCUT2D eigenvalue weighted by molar-refractivity contribution is 1.18. The average molecular weight is 1020 g/mol. The van der Waals surface area contributed by atoms with Gasteiger partial charge in [0.2, 0.25) is 0 Å².